The summed E-state index contributed by atoms with van der Waals surface area (Å²) in [7, 11) is 0. The molecular weight excluding hydrogens is 408 g/mol. The van der Waals surface area contributed by atoms with Crippen LogP contribution in [-0.2, 0) is 11.2 Å². The Balaban J connectivity index is 1.84. The Kier molecular flexibility index (Phi) is 7.46. The molecule has 0 saturated heterocycles. The van der Waals surface area contributed by atoms with Crippen LogP contribution in [0.2, 0.25) is 0 Å². The number of carbonyl (C=O) groups is 2. The van der Waals surface area contributed by atoms with Gasteiger partial charge in [-0.15, -0.1) is 0 Å². The van der Waals surface area contributed by atoms with Gasteiger partial charge in [-0.1, -0.05) is 60.7 Å². The van der Waals surface area contributed by atoms with Gasteiger partial charge < -0.3 is 25.6 Å². The standard InChI is InChI=1S/C25H26N2O5/c1-25(17-28,27-24(30)31)23(29)26-22-16-20(32-15-14-18-8-4-2-5-9-18)12-13-21(22)19-10-6-3-7-11-19/h2-13,16,27-28H,14-15,17H2,1H3,(H,26,29)(H,30,31)/t25-/m0/s1. The van der Waals surface area contributed by atoms with Crippen LogP contribution < -0.4 is 15.4 Å². The molecule has 2 amide bonds. The first-order chi connectivity index (χ1) is 15.4. The van der Waals surface area contributed by atoms with E-state index in [2.05, 4.69) is 10.6 Å². The second-order valence-corrected chi connectivity index (χ2v) is 7.53. The largest absolute Gasteiger partial charge is 0.493 e. The van der Waals surface area contributed by atoms with Crippen LogP contribution in [0, 0.1) is 0 Å². The topological polar surface area (TPSA) is 108 Å². The van der Waals surface area contributed by atoms with E-state index in [4.69, 9.17) is 9.84 Å². The van der Waals surface area contributed by atoms with Crippen LogP contribution in [0.1, 0.15) is 12.5 Å². The molecule has 0 spiro atoms. The molecule has 7 nitrogen and oxygen atoms in total. The number of carbonyl (C=O) groups excluding carboxylic acids is 1. The SMILES string of the molecule is C[C@@](CO)(NC(=O)O)C(=O)Nc1cc(OCCc2ccccc2)ccc1-c1ccccc1. The molecule has 0 heterocycles. The first-order valence-corrected chi connectivity index (χ1v) is 10.2. The molecule has 0 aliphatic carbocycles. The van der Waals surface area contributed by atoms with Gasteiger partial charge in [-0.2, -0.15) is 0 Å². The third-order valence-corrected chi connectivity index (χ3v) is 5.03. The maximum absolute atomic E-state index is 12.9. The van der Waals surface area contributed by atoms with E-state index in [0.29, 0.717) is 18.0 Å². The summed E-state index contributed by atoms with van der Waals surface area (Å²) in [5, 5.41) is 23.5. The van der Waals surface area contributed by atoms with Crippen molar-refractivity contribution in [2.24, 2.45) is 0 Å². The minimum Gasteiger partial charge on any atom is -0.493 e. The number of ether oxygens (including phenoxy) is 1. The quantitative estimate of drug-likeness (QED) is 0.408. The second-order valence-electron chi connectivity index (χ2n) is 7.53. The molecule has 0 aliphatic rings. The van der Waals surface area contributed by atoms with Crippen molar-refractivity contribution in [2.75, 3.05) is 18.5 Å². The predicted molar refractivity (Wildman–Crippen MR) is 123 cm³/mol. The van der Waals surface area contributed by atoms with Gasteiger partial charge in [0.2, 0.25) is 0 Å². The number of anilines is 1. The Morgan fingerprint density at radius 2 is 1.62 bits per heavy atom. The van der Waals surface area contributed by atoms with Crippen molar-refractivity contribution in [3.05, 3.63) is 84.4 Å². The highest BCUT2D eigenvalue weighted by molar-refractivity contribution is 6.02. The van der Waals surface area contributed by atoms with E-state index in [1.807, 2.05) is 72.8 Å². The van der Waals surface area contributed by atoms with Gasteiger partial charge >= 0.3 is 6.09 Å². The third-order valence-electron chi connectivity index (χ3n) is 5.03. The summed E-state index contributed by atoms with van der Waals surface area (Å²) in [6.45, 7) is 1.08. The van der Waals surface area contributed by atoms with Crippen LogP contribution in [-0.4, -0.2) is 41.0 Å². The summed E-state index contributed by atoms with van der Waals surface area (Å²) in [6.07, 6.45) is -0.674. The fourth-order valence-electron chi connectivity index (χ4n) is 3.18. The molecule has 166 valence electrons. The van der Waals surface area contributed by atoms with Crippen molar-refractivity contribution in [1.29, 1.82) is 0 Å². The molecule has 0 radical (unpaired) electrons. The van der Waals surface area contributed by atoms with Gasteiger partial charge in [-0.25, -0.2) is 4.79 Å². The summed E-state index contributed by atoms with van der Waals surface area (Å²) >= 11 is 0. The molecule has 3 aromatic carbocycles. The fraction of sp³-hybridized carbons (Fsp3) is 0.200. The molecule has 0 fully saturated rings. The highest BCUT2D eigenvalue weighted by atomic mass is 16.5. The van der Waals surface area contributed by atoms with Crippen molar-refractivity contribution in [1.82, 2.24) is 5.32 Å². The molecule has 0 bridgehead atoms. The Labute approximate surface area is 186 Å². The number of nitrogens with one attached hydrogen (secondary N) is 2. The smallest absolute Gasteiger partial charge is 0.405 e. The maximum Gasteiger partial charge on any atom is 0.405 e. The number of hydrogen-bond donors (Lipinski definition) is 4. The van der Waals surface area contributed by atoms with Crippen molar-refractivity contribution in [3.63, 3.8) is 0 Å². The van der Waals surface area contributed by atoms with Crippen molar-refractivity contribution in [3.8, 4) is 16.9 Å². The lowest BCUT2D eigenvalue weighted by molar-refractivity contribution is -0.123. The number of amides is 2. The van der Waals surface area contributed by atoms with Crippen molar-refractivity contribution >= 4 is 17.7 Å². The first-order valence-electron chi connectivity index (χ1n) is 10.2. The van der Waals surface area contributed by atoms with Gasteiger partial charge in [0.1, 0.15) is 11.3 Å². The maximum atomic E-state index is 12.9. The Morgan fingerprint density at radius 1 is 0.969 bits per heavy atom. The lowest BCUT2D eigenvalue weighted by Gasteiger charge is -2.26. The van der Waals surface area contributed by atoms with Gasteiger partial charge in [-0.05, 0) is 30.2 Å². The van der Waals surface area contributed by atoms with Crippen LogP contribution in [0.3, 0.4) is 0 Å². The molecule has 4 N–H and O–H groups in total. The van der Waals surface area contributed by atoms with E-state index in [0.717, 1.165) is 23.1 Å². The molecule has 7 heteroatoms. The van der Waals surface area contributed by atoms with Gasteiger partial charge in [0.25, 0.3) is 5.91 Å². The second kappa shape index (κ2) is 10.5. The number of benzene rings is 3. The van der Waals surface area contributed by atoms with Crippen LogP contribution >= 0.6 is 0 Å². The average molecular weight is 434 g/mol. The first kappa shape index (κ1) is 22.8. The molecular formula is C25H26N2O5. The molecule has 0 aromatic heterocycles. The molecule has 0 saturated carbocycles. The number of aliphatic hydroxyl groups is 1. The summed E-state index contributed by atoms with van der Waals surface area (Å²) in [5.41, 5.74) is 1.51. The molecule has 0 unspecified atom stereocenters. The van der Waals surface area contributed by atoms with Gasteiger partial charge in [0.05, 0.1) is 18.9 Å². The number of aliphatic hydroxyl groups excluding tert-OH is 1. The number of hydrogen-bond acceptors (Lipinski definition) is 4. The fourth-order valence-corrected chi connectivity index (χ4v) is 3.18. The van der Waals surface area contributed by atoms with E-state index < -0.39 is 24.1 Å². The lowest BCUT2D eigenvalue weighted by atomic mass is 10.00. The predicted octanol–water partition coefficient (Wildman–Crippen LogP) is 3.93. The minimum absolute atomic E-state index is 0.449. The van der Waals surface area contributed by atoms with Crippen LogP contribution in [0.15, 0.2) is 78.9 Å². The van der Waals surface area contributed by atoms with E-state index >= 15 is 0 Å². The molecule has 3 aromatic rings. The number of carboxylic acid groups (broad SMARTS) is 1. The van der Waals surface area contributed by atoms with Gasteiger partial charge in [0, 0.05) is 18.1 Å². The summed E-state index contributed by atoms with van der Waals surface area (Å²) < 4.78 is 5.89. The van der Waals surface area contributed by atoms with Gasteiger partial charge in [0.15, 0.2) is 0 Å². The zero-order valence-corrected chi connectivity index (χ0v) is 17.7. The Bertz CT molecular complexity index is 1060. The van der Waals surface area contributed by atoms with Crippen molar-refractivity contribution < 1.29 is 24.5 Å². The summed E-state index contributed by atoms with van der Waals surface area (Å²) in [5.74, 6) is -0.117. The molecule has 0 aliphatic heterocycles. The molecule has 3 rings (SSSR count). The van der Waals surface area contributed by atoms with Gasteiger partial charge in [-0.3, -0.25) is 4.79 Å². The Hall–Kier alpha value is -3.84. The lowest BCUT2D eigenvalue weighted by Crippen LogP contribution is -2.56. The zero-order valence-electron chi connectivity index (χ0n) is 17.7. The normalized spacial score (nSPS) is 12.4. The highest BCUT2D eigenvalue weighted by Crippen LogP contribution is 2.32. The van der Waals surface area contributed by atoms with Crippen molar-refractivity contribution in [2.45, 2.75) is 18.9 Å². The summed E-state index contributed by atoms with van der Waals surface area (Å²) in [4.78, 5) is 23.9. The van der Waals surface area contributed by atoms with E-state index in [1.165, 1.54) is 6.92 Å². The van der Waals surface area contributed by atoms with E-state index in [1.54, 1.807) is 6.07 Å². The Morgan fingerprint density at radius 3 is 2.25 bits per heavy atom. The highest BCUT2D eigenvalue weighted by Gasteiger charge is 2.35. The van der Waals surface area contributed by atoms with Crippen LogP contribution in [0.5, 0.6) is 5.75 Å². The van der Waals surface area contributed by atoms with Crippen LogP contribution in [0.25, 0.3) is 11.1 Å². The summed E-state index contributed by atoms with van der Waals surface area (Å²) in [6, 6.07) is 24.8. The average Bonchev–Trinajstić information content (AvgIpc) is 2.80. The third kappa shape index (κ3) is 5.86. The van der Waals surface area contributed by atoms with E-state index in [-0.39, 0.29) is 0 Å². The number of rotatable bonds is 9. The van der Waals surface area contributed by atoms with Crippen LogP contribution in [0.4, 0.5) is 10.5 Å². The molecule has 1 atom stereocenters. The zero-order chi connectivity index (χ0) is 23.0. The van der Waals surface area contributed by atoms with E-state index in [9.17, 15) is 14.7 Å². The minimum atomic E-state index is -1.70. The monoisotopic (exact) mass is 434 g/mol. The molecule has 32 heavy (non-hydrogen) atoms.